The zero-order chi connectivity index (χ0) is 15.3. The number of hydrogen-bond donors (Lipinski definition) is 0. The van der Waals surface area contributed by atoms with Gasteiger partial charge in [-0.2, -0.15) is 0 Å². The van der Waals surface area contributed by atoms with E-state index in [0.717, 1.165) is 34.7 Å². The predicted molar refractivity (Wildman–Crippen MR) is 92.5 cm³/mol. The van der Waals surface area contributed by atoms with Crippen molar-refractivity contribution in [1.29, 1.82) is 0 Å². The van der Waals surface area contributed by atoms with E-state index in [-0.39, 0.29) is 11.9 Å². The summed E-state index contributed by atoms with van der Waals surface area (Å²) < 4.78 is 1.03. The largest absolute Gasteiger partial charge is 0.351 e. The zero-order valence-electron chi connectivity index (χ0n) is 12.2. The molecule has 2 aliphatic heterocycles. The summed E-state index contributed by atoms with van der Waals surface area (Å²) in [6.07, 6.45) is 0. The number of amides is 1. The fraction of sp³-hybridized carbons (Fsp3) is 0.235. The number of hydrogen-bond acceptors (Lipinski definition) is 3. The molecular formula is C17H16BrN3O. The quantitative estimate of drug-likeness (QED) is 0.784. The summed E-state index contributed by atoms with van der Waals surface area (Å²) in [5.74, 6) is 0.160. The molecule has 2 aliphatic rings. The van der Waals surface area contributed by atoms with E-state index >= 15 is 0 Å². The number of rotatable bonds is 1. The smallest absolute Gasteiger partial charge is 0.251 e. The van der Waals surface area contributed by atoms with Gasteiger partial charge in [0.1, 0.15) is 6.04 Å². The summed E-state index contributed by atoms with van der Waals surface area (Å²) in [5.41, 5.74) is 3.24. The van der Waals surface area contributed by atoms with Gasteiger partial charge < -0.3 is 14.7 Å². The monoisotopic (exact) mass is 357 g/mol. The molecule has 112 valence electrons. The van der Waals surface area contributed by atoms with Crippen LogP contribution in [0.15, 0.2) is 53.0 Å². The first-order chi connectivity index (χ1) is 10.6. The Bertz CT molecular complexity index is 734. The van der Waals surface area contributed by atoms with Crippen molar-refractivity contribution in [3.8, 4) is 0 Å². The molecule has 1 unspecified atom stereocenters. The molecule has 2 heterocycles. The number of fused-ring (bicyclic) bond motifs is 3. The highest BCUT2D eigenvalue weighted by Gasteiger charge is 2.42. The molecule has 2 aromatic carbocycles. The molecule has 0 aromatic heterocycles. The summed E-state index contributed by atoms with van der Waals surface area (Å²) >= 11 is 3.54. The van der Waals surface area contributed by atoms with Gasteiger partial charge in [-0.05, 0) is 30.3 Å². The first-order valence-electron chi connectivity index (χ1n) is 7.29. The zero-order valence-corrected chi connectivity index (χ0v) is 13.8. The lowest BCUT2D eigenvalue weighted by atomic mass is 10.1. The van der Waals surface area contributed by atoms with Gasteiger partial charge in [-0.25, -0.2) is 0 Å². The molecule has 1 saturated heterocycles. The van der Waals surface area contributed by atoms with E-state index < -0.39 is 0 Å². The summed E-state index contributed by atoms with van der Waals surface area (Å²) in [4.78, 5) is 18.9. The Hall–Kier alpha value is -2.01. The molecule has 22 heavy (non-hydrogen) atoms. The standard InChI is InChI=1S/C17H16BrN3O/c1-19-14-8-7-12(18)9-15(14)21-11-20(10-16(21)17(19)22)13-5-3-2-4-6-13/h2-9,16H,10-11H2,1H3. The maximum atomic E-state index is 12.7. The van der Waals surface area contributed by atoms with Gasteiger partial charge >= 0.3 is 0 Å². The number of benzene rings is 2. The van der Waals surface area contributed by atoms with Crippen LogP contribution in [0.4, 0.5) is 17.1 Å². The van der Waals surface area contributed by atoms with Crippen LogP contribution in [0.3, 0.4) is 0 Å². The molecule has 0 spiro atoms. The normalized spacial score (nSPS) is 20.2. The molecule has 4 rings (SSSR count). The van der Waals surface area contributed by atoms with Gasteiger partial charge in [0, 0.05) is 23.8 Å². The van der Waals surface area contributed by atoms with Gasteiger partial charge in [0.05, 0.1) is 18.0 Å². The van der Waals surface area contributed by atoms with E-state index in [1.165, 1.54) is 0 Å². The number of halogens is 1. The van der Waals surface area contributed by atoms with E-state index in [4.69, 9.17) is 0 Å². The van der Waals surface area contributed by atoms with Crippen LogP contribution < -0.4 is 14.7 Å². The maximum Gasteiger partial charge on any atom is 0.251 e. The Morgan fingerprint density at radius 3 is 2.64 bits per heavy atom. The van der Waals surface area contributed by atoms with Gasteiger partial charge in [0.25, 0.3) is 5.91 Å². The van der Waals surface area contributed by atoms with Crippen LogP contribution in [0.5, 0.6) is 0 Å². The van der Waals surface area contributed by atoms with Crippen molar-refractivity contribution in [2.24, 2.45) is 0 Å². The fourth-order valence-electron chi connectivity index (χ4n) is 3.28. The van der Waals surface area contributed by atoms with E-state index in [1.54, 1.807) is 4.90 Å². The highest BCUT2D eigenvalue weighted by atomic mass is 79.9. The maximum absolute atomic E-state index is 12.7. The van der Waals surface area contributed by atoms with Gasteiger partial charge in [0.2, 0.25) is 0 Å². The van der Waals surface area contributed by atoms with Crippen LogP contribution in [-0.2, 0) is 4.79 Å². The third-order valence-corrected chi connectivity index (χ3v) is 4.93. The lowest BCUT2D eigenvalue weighted by Gasteiger charge is -2.36. The number of para-hydroxylation sites is 1. The first-order valence-corrected chi connectivity index (χ1v) is 8.08. The molecule has 0 bridgehead atoms. The average molecular weight is 358 g/mol. The van der Waals surface area contributed by atoms with Gasteiger partial charge in [-0.3, -0.25) is 4.79 Å². The van der Waals surface area contributed by atoms with Crippen LogP contribution in [0, 0.1) is 0 Å². The third-order valence-electron chi connectivity index (χ3n) is 4.44. The lowest BCUT2D eigenvalue weighted by Crippen LogP contribution is -2.50. The molecule has 4 nitrogen and oxygen atoms in total. The molecule has 1 fully saturated rings. The molecule has 0 saturated carbocycles. The summed E-state index contributed by atoms with van der Waals surface area (Å²) in [6, 6.07) is 16.2. The minimum absolute atomic E-state index is 0.119. The molecule has 0 radical (unpaired) electrons. The Morgan fingerprint density at radius 1 is 1.09 bits per heavy atom. The molecular weight excluding hydrogens is 342 g/mol. The SMILES string of the molecule is CN1C(=O)C2CN(c3ccccc3)CN2c2cc(Br)ccc21. The Balaban J connectivity index is 1.75. The third kappa shape index (κ3) is 2.00. The van der Waals surface area contributed by atoms with Crippen molar-refractivity contribution in [2.75, 3.05) is 35.0 Å². The van der Waals surface area contributed by atoms with Crippen LogP contribution >= 0.6 is 15.9 Å². The van der Waals surface area contributed by atoms with Crippen LogP contribution in [0.25, 0.3) is 0 Å². The molecule has 5 heteroatoms. The van der Waals surface area contributed by atoms with E-state index in [9.17, 15) is 4.79 Å². The Kier molecular flexibility index (Phi) is 3.11. The summed E-state index contributed by atoms with van der Waals surface area (Å²) in [7, 11) is 1.86. The van der Waals surface area contributed by atoms with E-state index in [2.05, 4.69) is 43.9 Å². The second-order valence-corrected chi connectivity index (χ2v) is 6.63. The fourth-order valence-corrected chi connectivity index (χ4v) is 3.63. The van der Waals surface area contributed by atoms with Crippen LogP contribution in [-0.4, -0.2) is 32.2 Å². The molecule has 1 atom stereocenters. The van der Waals surface area contributed by atoms with Crippen LogP contribution in [0.2, 0.25) is 0 Å². The molecule has 1 amide bonds. The first kappa shape index (κ1) is 13.6. The van der Waals surface area contributed by atoms with Gasteiger partial charge in [-0.1, -0.05) is 34.1 Å². The predicted octanol–water partition coefficient (Wildman–Crippen LogP) is 3.08. The number of nitrogens with zero attached hydrogens (tertiary/aromatic N) is 3. The van der Waals surface area contributed by atoms with Crippen LogP contribution in [0.1, 0.15) is 0 Å². The minimum Gasteiger partial charge on any atom is -0.351 e. The topological polar surface area (TPSA) is 26.8 Å². The molecule has 2 aromatic rings. The Morgan fingerprint density at radius 2 is 1.86 bits per heavy atom. The number of carbonyl (C=O) groups excluding carboxylic acids is 1. The summed E-state index contributed by atoms with van der Waals surface area (Å²) in [6.45, 7) is 1.46. The number of anilines is 3. The van der Waals surface area contributed by atoms with Crippen molar-refractivity contribution >= 4 is 38.9 Å². The van der Waals surface area contributed by atoms with Crippen molar-refractivity contribution in [1.82, 2.24) is 0 Å². The number of likely N-dealkylation sites (N-methyl/N-ethyl adjacent to an activating group) is 1. The van der Waals surface area contributed by atoms with Crippen molar-refractivity contribution < 1.29 is 4.79 Å². The Labute approximate surface area is 138 Å². The minimum atomic E-state index is -0.119. The summed E-state index contributed by atoms with van der Waals surface area (Å²) in [5, 5.41) is 0. The molecule has 0 aliphatic carbocycles. The second-order valence-electron chi connectivity index (χ2n) is 5.72. The van der Waals surface area contributed by atoms with Crippen molar-refractivity contribution in [2.45, 2.75) is 6.04 Å². The second kappa shape index (κ2) is 5.02. The molecule has 0 N–H and O–H groups in total. The van der Waals surface area contributed by atoms with E-state index in [1.807, 2.05) is 37.4 Å². The highest BCUT2D eigenvalue weighted by molar-refractivity contribution is 9.10. The van der Waals surface area contributed by atoms with Crippen molar-refractivity contribution in [3.05, 3.63) is 53.0 Å². The lowest BCUT2D eigenvalue weighted by molar-refractivity contribution is -0.119. The highest BCUT2D eigenvalue weighted by Crippen LogP contribution is 2.40. The van der Waals surface area contributed by atoms with Crippen molar-refractivity contribution in [3.63, 3.8) is 0 Å². The van der Waals surface area contributed by atoms with Gasteiger partial charge in [-0.15, -0.1) is 0 Å². The van der Waals surface area contributed by atoms with E-state index in [0.29, 0.717) is 0 Å². The average Bonchev–Trinajstić information content (AvgIpc) is 2.99. The number of carbonyl (C=O) groups is 1. The van der Waals surface area contributed by atoms with Gasteiger partial charge in [0.15, 0.2) is 0 Å².